The zero-order chi connectivity index (χ0) is 12.3. The molecule has 0 fully saturated rings. The maximum absolute atomic E-state index is 11.8. The molecule has 0 saturated heterocycles. The van der Waals surface area contributed by atoms with Crippen molar-refractivity contribution >= 4 is 17.7 Å². The molecule has 2 rings (SSSR count). The zero-order valence-electron chi connectivity index (χ0n) is 9.39. The SMILES string of the molecule is CNc1cc(C(=O)Nc2nc(C)no2)ccn1. The number of anilines is 2. The van der Waals surface area contributed by atoms with Crippen LogP contribution < -0.4 is 10.6 Å². The highest BCUT2D eigenvalue weighted by Gasteiger charge is 2.10. The lowest BCUT2D eigenvalue weighted by Gasteiger charge is -2.02. The average Bonchev–Trinajstić information content (AvgIpc) is 2.75. The van der Waals surface area contributed by atoms with Crippen LogP contribution in [0.3, 0.4) is 0 Å². The Hall–Kier alpha value is -2.44. The van der Waals surface area contributed by atoms with Crippen molar-refractivity contribution in [2.75, 3.05) is 17.7 Å². The van der Waals surface area contributed by atoms with Gasteiger partial charge in [0.1, 0.15) is 5.82 Å². The van der Waals surface area contributed by atoms with E-state index in [2.05, 4.69) is 25.8 Å². The fourth-order valence-electron chi connectivity index (χ4n) is 1.23. The maximum Gasteiger partial charge on any atom is 0.328 e. The second-order valence-corrected chi connectivity index (χ2v) is 3.28. The van der Waals surface area contributed by atoms with Gasteiger partial charge in [0, 0.05) is 18.8 Å². The molecule has 0 aliphatic rings. The molecule has 7 heteroatoms. The number of carbonyl (C=O) groups excluding carboxylic acids is 1. The molecule has 1 amide bonds. The number of aromatic nitrogens is 3. The van der Waals surface area contributed by atoms with Crippen LogP contribution in [0.2, 0.25) is 0 Å². The minimum Gasteiger partial charge on any atom is -0.373 e. The summed E-state index contributed by atoms with van der Waals surface area (Å²) in [4.78, 5) is 19.7. The average molecular weight is 233 g/mol. The molecule has 2 aromatic rings. The molecule has 0 saturated carbocycles. The Bertz CT molecular complexity index is 537. The van der Waals surface area contributed by atoms with Crippen LogP contribution in [0.4, 0.5) is 11.8 Å². The molecule has 2 N–H and O–H groups in total. The first-order valence-corrected chi connectivity index (χ1v) is 4.94. The summed E-state index contributed by atoms with van der Waals surface area (Å²) in [5, 5.41) is 8.91. The highest BCUT2D eigenvalue weighted by Crippen LogP contribution is 2.09. The van der Waals surface area contributed by atoms with Gasteiger partial charge < -0.3 is 9.84 Å². The predicted octanol–water partition coefficient (Wildman–Crippen LogP) is 1.07. The van der Waals surface area contributed by atoms with Gasteiger partial charge in [-0.25, -0.2) is 4.98 Å². The van der Waals surface area contributed by atoms with Crippen LogP contribution in [0.25, 0.3) is 0 Å². The van der Waals surface area contributed by atoms with Crippen molar-refractivity contribution in [3.63, 3.8) is 0 Å². The van der Waals surface area contributed by atoms with Gasteiger partial charge in [-0.15, -0.1) is 0 Å². The van der Waals surface area contributed by atoms with E-state index in [-0.39, 0.29) is 11.9 Å². The van der Waals surface area contributed by atoms with Gasteiger partial charge in [0.15, 0.2) is 5.82 Å². The van der Waals surface area contributed by atoms with Crippen molar-refractivity contribution in [1.29, 1.82) is 0 Å². The molecule has 0 unspecified atom stereocenters. The summed E-state index contributed by atoms with van der Waals surface area (Å²) in [5.74, 6) is 0.748. The summed E-state index contributed by atoms with van der Waals surface area (Å²) in [7, 11) is 1.73. The number of nitrogens with zero attached hydrogens (tertiary/aromatic N) is 3. The fraction of sp³-hybridized carbons (Fsp3) is 0.200. The topological polar surface area (TPSA) is 92.9 Å². The third-order valence-corrected chi connectivity index (χ3v) is 2.03. The minimum atomic E-state index is -0.326. The Morgan fingerprint density at radius 3 is 2.94 bits per heavy atom. The van der Waals surface area contributed by atoms with Crippen LogP contribution in [0.15, 0.2) is 22.9 Å². The van der Waals surface area contributed by atoms with Crippen molar-refractivity contribution in [2.24, 2.45) is 0 Å². The Labute approximate surface area is 97.2 Å². The monoisotopic (exact) mass is 233 g/mol. The lowest BCUT2D eigenvalue weighted by molar-refractivity contribution is 0.102. The van der Waals surface area contributed by atoms with Gasteiger partial charge in [-0.2, -0.15) is 4.98 Å². The van der Waals surface area contributed by atoms with E-state index in [4.69, 9.17) is 4.52 Å². The van der Waals surface area contributed by atoms with Gasteiger partial charge in [-0.05, 0) is 19.1 Å². The normalized spacial score (nSPS) is 10.0. The number of carbonyl (C=O) groups is 1. The van der Waals surface area contributed by atoms with E-state index in [0.29, 0.717) is 17.2 Å². The first-order chi connectivity index (χ1) is 8.19. The van der Waals surface area contributed by atoms with E-state index in [0.717, 1.165) is 0 Å². The molecule has 0 radical (unpaired) electrons. The molecule has 0 aliphatic heterocycles. The number of aryl methyl sites for hydroxylation is 1. The van der Waals surface area contributed by atoms with E-state index < -0.39 is 0 Å². The highest BCUT2D eigenvalue weighted by atomic mass is 16.5. The van der Waals surface area contributed by atoms with Crippen molar-refractivity contribution < 1.29 is 9.32 Å². The van der Waals surface area contributed by atoms with Crippen LogP contribution in [0, 0.1) is 6.92 Å². The van der Waals surface area contributed by atoms with Crippen LogP contribution in [0.5, 0.6) is 0 Å². The van der Waals surface area contributed by atoms with Gasteiger partial charge in [0.2, 0.25) is 0 Å². The summed E-state index contributed by atoms with van der Waals surface area (Å²) < 4.78 is 4.79. The molecule has 17 heavy (non-hydrogen) atoms. The second kappa shape index (κ2) is 4.60. The van der Waals surface area contributed by atoms with E-state index in [1.165, 1.54) is 0 Å². The van der Waals surface area contributed by atoms with E-state index in [9.17, 15) is 4.79 Å². The van der Waals surface area contributed by atoms with Crippen molar-refractivity contribution in [2.45, 2.75) is 6.92 Å². The van der Waals surface area contributed by atoms with Crippen LogP contribution in [-0.4, -0.2) is 28.1 Å². The standard InChI is InChI=1S/C10H11N5O2/c1-6-13-10(17-15-6)14-9(16)7-3-4-12-8(5-7)11-2/h3-5H,1-2H3,(H,11,12)(H,13,14,15,16). The number of nitrogens with one attached hydrogen (secondary N) is 2. The molecule has 0 spiro atoms. The summed E-state index contributed by atoms with van der Waals surface area (Å²) in [6.45, 7) is 1.67. The molecule has 2 heterocycles. The maximum atomic E-state index is 11.8. The number of hydrogen-bond donors (Lipinski definition) is 2. The number of amides is 1. The Morgan fingerprint density at radius 2 is 2.29 bits per heavy atom. The Kier molecular flexibility index (Phi) is 2.99. The molecule has 2 aromatic heterocycles. The van der Waals surface area contributed by atoms with E-state index in [1.807, 2.05) is 0 Å². The zero-order valence-corrected chi connectivity index (χ0v) is 9.39. The third-order valence-electron chi connectivity index (χ3n) is 2.03. The van der Waals surface area contributed by atoms with Crippen LogP contribution >= 0.6 is 0 Å². The third kappa shape index (κ3) is 2.57. The Balaban J connectivity index is 2.14. The van der Waals surface area contributed by atoms with Crippen LogP contribution in [0.1, 0.15) is 16.2 Å². The fourth-order valence-corrected chi connectivity index (χ4v) is 1.23. The lowest BCUT2D eigenvalue weighted by atomic mass is 10.2. The molecule has 0 atom stereocenters. The predicted molar refractivity (Wildman–Crippen MR) is 60.8 cm³/mol. The smallest absolute Gasteiger partial charge is 0.328 e. The molecule has 0 bridgehead atoms. The lowest BCUT2D eigenvalue weighted by Crippen LogP contribution is -2.12. The quantitative estimate of drug-likeness (QED) is 0.823. The van der Waals surface area contributed by atoms with Crippen molar-refractivity contribution in [3.05, 3.63) is 29.7 Å². The van der Waals surface area contributed by atoms with Gasteiger partial charge in [-0.3, -0.25) is 10.1 Å². The second-order valence-electron chi connectivity index (χ2n) is 3.28. The molecule has 88 valence electrons. The summed E-state index contributed by atoms with van der Waals surface area (Å²) in [6.07, 6.45) is 1.54. The van der Waals surface area contributed by atoms with Crippen molar-refractivity contribution in [1.82, 2.24) is 15.1 Å². The number of hydrogen-bond acceptors (Lipinski definition) is 6. The number of pyridine rings is 1. The summed E-state index contributed by atoms with van der Waals surface area (Å²) in [5.41, 5.74) is 0.459. The summed E-state index contributed by atoms with van der Waals surface area (Å²) >= 11 is 0. The van der Waals surface area contributed by atoms with Gasteiger partial charge in [-0.1, -0.05) is 5.16 Å². The largest absolute Gasteiger partial charge is 0.373 e. The van der Waals surface area contributed by atoms with Crippen molar-refractivity contribution in [3.8, 4) is 0 Å². The van der Waals surface area contributed by atoms with Gasteiger partial charge in [0.25, 0.3) is 5.91 Å². The molecule has 7 nitrogen and oxygen atoms in total. The van der Waals surface area contributed by atoms with E-state index in [1.54, 1.807) is 32.3 Å². The van der Waals surface area contributed by atoms with E-state index >= 15 is 0 Å². The molecule has 0 aliphatic carbocycles. The Morgan fingerprint density at radius 1 is 1.47 bits per heavy atom. The molecular weight excluding hydrogens is 222 g/mol. The minimum absolute atomic E-state index is 0.0790. The summed E-state index contributed by atoms with van der Waals surface area (Å²) in [6, 6.07) is 3.30. The van der Waals surface area contributed by atoms with Gasteiger partial charge in [0.05, 0.1) is 0 Å². The molecular formula is C10H11N5O2. The van der Waals surface area contributed by atoms with Gasteiger partial charge >= 0.3 is 6.01 Å². The first-order valence-electron chi connectivity index (χ1n) is 4.94. The number of rotatable bonds is 3. The molecule has 0 aromatic carbocycles. The van der Waals surface area contributed by atoms with Crippen LogP contribution in [-0.2, 0) is 0 Å². The highest BCUT2D eigenvalue weighted by molar-refractivity contribution is 6.03. The first kappa shape index (κ1) is 11.1.